The van der Waals surface area contributed by atoms with Crippen LogP contribution in [0.1, 0.15) is 16.7 Å². The number of hydrogen-bond acceptors (Lipinski definition) is 1. The summed E-state index contributed by atoms with van der Waals surface area (Å²) < 4.78 is 0. The van der Waals surface area contributed by atoms with E-state index in [-0.39, 0.29) is 0 Å². The molecule has 0 unspecified atom stereocenters. The third-order valence-corrected chi connectivity index (χ3v) is 2.89. The summed E-state index contributed by atoms with van der Waals surface area (Å²) in [4.78, 5) is 1.40. The normalized spacial score (nSPS) is 10.2. The Balaban J connectivity index is 3.21. The van der Waals surface area contributed by atoms with Crippen LogP contribution in [0.5, 0.6) is 0 Å². The van der Waals surface area contributed by atoms with E-state index in [9.17, 15) is 0 Å². The summed E-state index contributed by atoms with van der Waals surface area (Å²) in [5.41, 5.74) is 4.17. The highest BCUT2D eigenvalue weighted by atomic mass is 32.2. The zero-order valence-corrected chi connectivity index (χ0v) is 8.38. The van der Waals surface area contributed by atoms with Crippen LogP contribution in [0.3, 0.4) is 0 Å². The van der Waals surface area contributed by atoms with Gasteiger partial charge < -0.3 is 0 Å². The van der Waals surface area contributed by atoms with Gasteiger partial charge in [-0.3, -0.25) is 0 Å². The summed E-state index contributed by atoms with van der Waals surface area (Å²) >= 11 is 1.82. The van der Waals surface area contributed by atoms with Gasteiger partial charge in [0.15, 0.2) is 0 Å². The van der Waals surface area contributed by atoms with Crippen LogP contribution in [0.4, 0.5) is 0 Å². The molecular weight excluding hydrogens is 152 g/mol. The van der Waals surface area contributed by atoms with E-state index in [0.29, 0.717) is 0 Å². The van der Waals surface area contributed by atoms with Gasteiger partial charge in [0.05, 0.1) is 0 Å². The third-order valence-electron chi connectivity index (χ3n) is 2.01. The first-order chi connectivity index (χ1) is 5.15. The Hall–Kier alpha value is -0.430. The molecule has 0 nitrogen and oxygen atoms in total. The molecule has 0 atom stereocenters. The van der Waals surface area contributed by atoms with Crippen LogP contribution >= 0.6 is 11.8 Å². The standard InChI is InChI=1S/C10H14S/c1-7-5-9(3)10(11-4)6-8(7)2/h5-6H,1-4H3. The van der Waals surface area contributed by atoms with Gasteiger partial charge in [-0.1, -0.05) is 6.07 Å². The minimum atomic E-state index is 1.39. The van der Waals surface area contributed by atoms with Gasteiger partial charge in [0.25, 0.3) is 0 Å². The van der Waals surface area contributed by atoms with Crippen molar-refractivity contribution >= 4 is 11.8 Å². The molecule has 0 saturated carbocycles. The van der Waals surface area contributed by atoms with Crippen molar-refractivity contribution in [1.82, 2.24) is 0 Å². The first kappa shape index (κ1) is 8.66. The smallest absolute Gasteiger partial charge is 0.0101 e. The average Bonchev–Trinajstić information content (AvgIpc) is 1.97. The minimum Gasteiger partial charge on any atom is -0.129 e. The van der Waals surface area contributed by atoms with Crippen molar-refractivity contribution in [2.75, 3.05) is 6.26 Å². The second kappa shape index (κ2) is 3.31. The van der Waals surface area contributed by atoms with Gasteiger partial charge in [0, 0.05) is 4.90 Å². The molecule has 0 fully saturated rings. The molecule has 0 bridgehead atoms. The first-order valence-corrected chi connectivity index (χ1v) is 4.99. The van der Waals surface area contributed by atoms with E-state index in [0.717, 1.165) is 0 Å². The topological polar surface area (TPSA) is 0 Å². The molecule has 0 radical (unpaired) electrons. The van der Waals surface area contributed by atoms with Gasteiger partial charge in [-0.05, 0) is 49.8 Å². The van der Waals surface area contributed by atoms with Crippen molar-refractivity contribution < 1.29 is 0 Å². The molecule has 0 aromatic heterocycles. The Morgan fingerprint density at radius 1 is 0.909 bits per heavy atom. The maximum absolute atomic E-state index is 2.26. The number of thioether (sulfide) groups is 1. The van der Waals surface area contributed by atoms with Gasteiger partial charge in [-0.2, -0.15) is 0 Å². The highest BCUT2D eigenvalue weighted by molar-refractivity contribution is 7.98. The summed E-state index contributed by atoms with van der Waals surface area (Å²) in [6, 6.07) is 4.51. The van der Waals surface area contributed by atoms with Crippen LogP contribution in [0.15, 0.2) is 17.0 Å². The van der Waals surface area contributed by atoms with E-state index in [1.165, 1.54) is 21.6 Å². The highest BCUT2D eigenvalue weighted by Crippen LogP contribution is 2.22. The lowest BCUT2D eigenvalue weighted by molar-refractivity contribution is 1.21. The predicted octanol–water partition coefficient (Wildman–Crippen LogP) is 3.33. The molecule has 0 aliphatic carbocycles. The fraction of sp³-hybridized carbons (Fsp3) is 0.400. The molecule has 0 aliphatic rings. The number of rotatable bonds is 1. The fourth-order valence-electron chi connectivity index (χ4n) is 1.15. The van der Waals surface area contributed by atoms with E-state index in [1.54, 1.807) is 0 Å². The molecule has 1 heteroatoms. The van der Waals surface area contributed by atoms with Crippen LogP contribution in [0.25, 0.3) is 0 Å². The van der Waals surface area contributed by atoms with Crippen LogP contribution in [-0.4, -0.2) is 6.26 Å². The van der Waals surface area contributed by atoms with Crippen LogP contribution in [-0.2, 0) is 0 Å². The molecular formula is C10H14S. The lowest BCUT2D eigenvalue weighted by Crippen LogP contribution is -1.85. The molecule has 1 aromatic carbocycles. The van der Waals surface area contributed by atoms with Gasteiger partial charge in [-0.25, -0.2) is 0 Å². The number of aryl methyl sites for hydroxylation is 3. The molecule has 0 aliphatic heterocycles. The first-order valence-electron chi connectivity index (χ1n) is 3.77. The SMILES string of the molecule is CSc1cc(C)c(C)cc1C. The largest absolute Gasteiger partial charge is 0.129 e. The van der Waals surface area contributed by atoms with Gasteiger partial charge in [-0.15, -0.1) is 11.8 Å². The van der Waals surface area contributed by atoms with E-state index in [1.807, 2.05) is 11.8 Å². The molecule has 0 N–H and O–H groups in total. The molecule has 0 spiro atoms. The Morgan fingerprint density at radius 2 is 1.45 bits per heavy atom. The van der Waals surface area contributed by atoms with Gasteiger partial charge >= 0.3 is 0 Å². The Kier molecular flexibility index (Phi) is 2.61. The van der Waals surface area contributed by atoms with Crippen LogP contribution in [0, 0.1) is 20.8 Å². The van der Waals surface area contributed by atoms with E-state index in [4.69, 9.17) is 0 Å². The van der Waals surface area contributed by atoms with Crippen LogP contribution in [0.2, 0.25) is 0 Å². The summed E-state index contributed by atoms with van der Waals surface area (Å²) in [7, 11) is 0. The lowest BCUT2D eigenvalue weighted by Gasteiger charge is -2.06. The average molecular weight is 166 g/mol. The van der Waals surface area contributed by atoms with Gasteiger partial charge in [0.1, 0.15) is 0 Å². The van der Waals surface area contributed by atoms with Crippen molar-refractivity contribution in [3.8, 4) is 0 Å². The quantitative estimate of drug-likeness (QED) is 0.577. The summed E-state index contributed by atoms with van der Waals surface area (Å²) in [5, 5.41) is 0. The monoisotopic (exact) mass is 166 g/mol. The highest BCUT2D eigenvalue weighted by Gasteiger charge is 1.98. The Morgan fingerprint density at radius 3 is 2.00 bits per heavy atom. The van der Waals surface area contributed by atoms with Crippen molar-refractivity contribution in [2.24, 2.45) is 0 Å². The molecule has 60 valence electrons. The van der Waals surface area contributed by atoms with E-state index < -0.39 is 0 Å². The zero-order chi connectivity index (χ0) is 8.43. The van der Waals surface area contributed by atoms with Crippen LogP contribution < -0.4 is 0 Å². The minimum absolute atomic E-state index is 1.39. The Bertz CT molecular complexity index is 264. The second-order valence-corrected chi connectivity index (χ2v) is 3.75. The number of benzene rings is 1. The molecule has 1 rings (SSSR count). The summed E-state index contributed by atoms with van der Waals surface area (Å²) in [6.45, 7) is 6.49. The molecule has 11 heavy (non-hydrogen) atoms. The van der Waals surface area contributed by atoms with Crippen molar-refractivity contribution in [1.29, 1.82) is 0 Å². The van der Waals surface area contributed by atoms with Crippen molar-refractivity contribution in [2.45, 2.75) is 25.7 Å². The summed E-state index contributed by atoms with van der Waals surface area (Å²) in [5.74, 6) is 0. The third kappa shape index (κ3) is 1.78. The van der Waals surface area contributed by atoms with E-state index in [2.05, 4.69) is 39.2 Å². The number of hydrogen-bond donors (Lipinski definition) is 0. The van der Waals surface area contributed by atoms with E-state index >= 15 is 0 Å². The van der Waals surface area contributed by atoms with Crippen molar-refractivity contribution in [3.05, 3.63) is 28.8 Å². The molecule has 1 aromatic rings. The Labute approximate surface area is 73.0 Å². The van der Waals surface area contributed by atoms with Gasteiger partial charge in [0.2, 0.25) is 0 Å². The maximum Gasteiger partial charge on any atom is 0.0101 e. The molecule has 0 heterocycles. The second-order valence-electron chi connectivity index (χ2n) is 2.91. The predicted molar refractivity (Wildman–Crippen MR) is 52.4 cm³/mol. The molecule has 0 amide bonds. The maximum atomic E-state index is 2.26. The molecule has 0 saturated heterocycles. The lowest BCUT2D eigenvalue weighted by atomic mass is 10.1. The van der Waals surface area contributed by atoms with Crippen molar-refractivity contribution in [3.63, 3.8) is 0 Å². The fourth-order valence-corrected chi connectivity index (χ4v) is 1.83. The zero-order valence-electron chi connectivity index (χ0n) is 7.56. The summed E-state index contributed by atoms with van der Waals surface area (Å²) in [6.07, 6.45) is 2.12.